The Hall–Kier alpha value is -1.73. The van der Waals surface area contributed by atoms with E-state index in [0.29, 0.717) is 25.6 Å². The highest BCUT2D eigenvalue weighted by molar-refractivity contribution is 5.77. The van der Waals surface area contributed by atoms with Gasteiger partial charge in [-0.15, -0.1) is 0 Å². The van der Waals surface area contributed by atoms with Gasteiger partial charge in [0.1, 0.15) is 18.2 Å². The molecule has 0 aromatic carbocycles. The lowest BCUT2D eigenvalue weighted by Gasteiger charge is -2.35. The molecule has 1 aromatic rings. The number of rotatable bonds is 6. The molecule has 3 rings (SSSR count). The molecule has 0 aliphatic carbocycles. The molecule has 1 amide bonds. The van der Waals surface area contributed by atoms with Gasteiger partial charge in [-0.25, -0.2) is 9.97 Å². The molecule has 0 saturated carbocycles. The molecule has 0 spiro atoms. The molecule has 26 heavy (non-hydrogen) atoms. The fourth-order valence-corrected chi connectivity index (χ4v) is 3.32. The number of piperazine rings is 1. The van der Waals surface area contributed by atoms with Crippen molar-refractivity contribution in [2.75, 3.05) is 50.9 Å². The standard InChI is InChI=1S/C19H30N4O3/c1-14(2)19-20-15(3)11-17(21-19)22-6-8-23(9-7-22)18(24)13-25-12-16-5-4-10-26-16/h11,14,16H,4-10,12-13H2,1-3H3. The minimum atomic E-state index is 0.0596. The molecule has 2 aliphatic rings. The van der Waals surface area contributed by atoms with Crippen LogP contribution in [0.25, 0.3) is 0 Å². The van der Waals surface area contributed by atoms with Crippen molar-refractivity contribution in [3.05, 3.63) is 17.6 Å². The third-order valence-electron chi connectivity index (χ3n) is 4.88. The quantitative estimate of drug-likeness (QED) is 0.768. The van der Waals surface area contributed by atoms with E-state index < -0.39 is 0 Å². The van der Waals surface area contributed by atoms with Gasteiger partial charge in [-0.2, -0.15) is 0 Å². The number of hydrogen-bond acceptors (Lipinski definition) is 6. The lowest BCUT2D eigenvalue weighted by atomic mass is 10.2. The van der Waals surface area contributed by atoms with Crippen LogP contribution in [0.15, 0.2) is 6.07 Å². The number of carbonyl (C=O) groups is 1. The van der Waals surface area contributed by atoms with Crippen LogP contribution >= 0.6 is 0 Å². The van der Waals surface area contributed by atoms with Crippen LogP contribution in [-0.4, -0.2) is 72.9 Å². The van der Waals surface area contributed by atoms with Gasteiger partial charge in [0.2, 0.25) is 5.91 Å². The van der Waals surface area contributed by atoms with Crippen LogP contribution in [0.1, 0.15) is 44.1 Å². The topological polar surface area (TPSA) is 67.8 Å². The van der Waals surface area contributed by atoms with E-state index in [1.807, 2.05) is 17.9 Å². The van der Waals surface area contributed by atoms with Gasteiger partial charge < -0.3 is 19.3 Å². The summed E-state index contributed by atoms with van der Waals surface area (Å²) in [5, 5.41) is 0. The molecule has 2 saturated heterocycles. The predicted octanol–water partition coefficient (Wildman–Crippen LogP) is 1.75. The first-order chi connectivity index (χ1) is 12.5. The summed E-state index contributed by atoms with van der Waals surface area (Å²) in [7, 11) is 0. The van der Waals surface area contributed by atoms with E-state index in [1.165, 1.54) is 0 Å². The van der Waals surface area contributed by atoms with E-state index in [1.54, 1.807) is 0 Å². The van der Waals surface area contributed by atoms with Gasteiger partial charge in [0.05, 0.1) is 12.7 Å². The molecule has 1 unspecified atom stereocenters. The molecular formula is C19H30N4O3. The summed E-state index contributed by atoms with van der Waals surface area (Å²) < 4.78 is 11.1. The zero-order chi connectivity index (χ0) is 18.5. The number of carbonyl (C=O) groups excluding carboxylic acids is 1. The first-order valence-electron chi connectivity index (χ1n) is 9.60. The predicted molar refractivity (Wildman–Crippen MR) is 99.4 cm³/mol. The highest BCUT2D eigenvalue weighted by atomic mass is 16.5. The first kappa shape index (κ1) is 19.0. The van der Waals surface area contributed by atoms with Crippen molar-refractivity contribution >= 4 is 11.7 Å². The van der Waals surface area contributed by atoms with Crippen molar-refractivity contribution < 1.29 is 14.3 Å². The molecule has 7 nitrogen and oxygen atoms in total. The normalized spacial score (nSPS) is 20.8. The largest absolute Gasteiger partial charge is 0.376 e. The van der Waals surface area contributed by atoms with Crippen LogP contribution in [-0.2, 0) is 14.3 Å². The van der Waals surface area contributed by atoms with E-state index in [-0.39, 0.29) is 18.6 Å². The summed E-state index contributed by atoms with van der Waals surface area (Å²) in [6.07, 6.45) is 2.28. The summed E-state index contributed by atoms with van der Waals surface area (Å²) in [6, 6.07) is 2.02. The van der Waals surface area contributed by atoms with Gasteiger partial charge in [-0.1, -0.05) is 13.8 Å². The fraction of sp³-hybridized carbons (Fsp3) is 0.737. The maximum Gasteiger partial charge on any atom is 0.248 e. The molecule has 1 atom stereocenters. The molecule has 1 aromatic heterocycles. The Kier molecular flexibility index (Phi) is 6.43. The number of hydrogen-bond donors (Lipinski definition) is 0. The maximum atomic E-state index is 12.3. The van der Waals surface area contributed by atoms with Gasteiger partial charge in [-0.3, -0.25) is 4.79 Å². The van der Waals surface area contributed by atoms with Crippen LogP contribution in [0, 0.1) is 6.92 Å². The van der Waals surface area contributed by atoms with E-state index in [0.717, 1.165) is 49.9 Å². The first-order valence-corrected chi connectivity index (χ1v) is 9.60. The molecule has 2 aliphatic heterocycles. The number of aromatic nitrogens is 2. The van der Waals surface area contributed by atoms with Crippen molar-refractivity contribution in [1.29, 1.82) is 0 Å². The third kappa shape index (κ3) is 4.92. The van der Waals surface area contributed by atoms with Crippen molar-refractivity contribution in [3.8, 4) is 0 Å². The molecule has 0 N–H and O–H groups in total. The zero-order valence-corrected chi connectivity index (χ0v) is 16.1. The Balaban J connectivity index is 1.47. The van der Waals surface area contributed by atoms with E-state index in [9.17, 15) is 4.79 Å². The second-order valence-electron chi connectivity index (χ2n) is 7.40. The molecular weight excluding hydrogens is 332 g/mol. The monoisotopic (exact) mass is 362 g/mol. The molecule has 2 fully saturated rings. The molecule has 7 heteroatoms. The summed E-state index contributed by atoms with van der Waals surface area (Å²) >= 11 is 0. The zero-order valence-electron chi connectivity index (χ0n) is 16.1. The van der Waals surface area contributed by atoms with Crippen LogP contribution < -0.4 is 4.90 Å². The summed E-state index contributed by atoms with van der Waals surface area (Å²) in [4.78, 5) is 25.6. The highest BCUT2D eigenvalue weighted by Crippen LogP contribution is 2.19. The highest BCUT2D eigenvalue weighted by Gasteiger charge is 2.23. The van der Waals surface area contributed by atoms with E-state index >= 15 is 0 Å². The Morgan fingerprint density at radius 1 is 1.31 bits per heavy atom. The Bertz CT molecular complexity index is 609. The fourth-order valence-electron chi connectivity index (χ4n) is 3.32. The smallest absolute Gasteiger partial charge is 0.248 e. The SMILES string of the molecule is Cc1cc(N2CCN(C(=O)COCC3CCCO3)CC2)nc(C(C)C)n1. The second-order valence-corrected chi connectivity index (χ2v) is 7.40. The average Bonchev–Trinajstić information content (AvgIpc) is 3.14. The lowest BCUT2D eigenvalue weighted by Crippen LogP contribution is -2.50. The minimum absolute atomic E-state index is 0.0596. The van der Waals surface area contributed by atoms with Crippen LogP contribution in [0.3, 0.4) is 0 Å². The molecule has 0 bridgehead atoms. The van der Waals surface area contributed by atoms with Crippen molar-refractivity contribution in [3.63, 3.8) is 0 Å². The lowest BCUT2D eigenvalue weighted by molar-refractivity contribution is -0.137. The van der Waals surface area contributed by atoms with Crippen molar-refractivity contribution in [2.45, 2.75) is 45.6 Å². The van der Waals surface area contributed by atoms with E-state index in [2.05, 4.69) is 23.7 Å². The number of anilines is 1. The molecule has 144 valence electrons. The van der Waals surface area contributed by atoms with Gasteiger partial charge in [0.25, 0.3) is 0 Å². The minimum Gasteiger partial charge on any atom is -0.376 e. The number of nitrogens with zero attached hydrogens (tertiary/aromatic N) is 4. The summed E-state index contributed by atoms with van der Waals surface area (Å²) in [6.45, 7) is 10.6. The van der Waals surface area contributed by atoms with Crippen LogP contribution in [0.5, 0.6) is 0 Å². The summed E-state index contributed by atoms with van der Waals surface area (Å²) in [5.41, 5.74) is 0.986. The number of aryl methyl sites for hydroxylation is 1. The van der Waals surface area contributed by atoms with Gasteiger partial charge in [-0.05, 0) is 19.8 Å². The van der Waals surface area contributed by atoms with E-state index in [4.69, 9.17) is 14.5 Å². The summed E-state index contributed by atoms with van der Waals surface area (Å²) in [5.74, 6) is 2.20. The Morgan fingerprint density at radius 3 is 2.73 bits per heavy atom. The number of ether oxygens (including phenoxy) is 2. The maximum absolute atomic E-state index is 12.3. The molecule has 0 radical (unpaired) electrons. The van der Waals surface area contributed by atoms with Crippen LogP contribution in [0.2, 0.25) is 0 Å². The third-order valence-corrected chi connectivity index (χ3v) is 4.88. The average molecular weight is 362 g/mol. The van der Waals surface area contributed by atoms with Crippen LogP contribution in [0.4, 0.5) is 5.82 Å². The van der Waals surface area contributed by atoms with Crippen molar-refractivity contribution in [1.82, 2.24) is 14.9 Å². The second kappa shape index (κ2) is 8.77. The van der Waals surface area contributed by atoms with Crippen molar-refractivity contribution in [2.24, 2.45) is 0 Å². The Morgan fingerprint density at radius 2 is 2.08 bits per heavy atom. The molecule has 3 heterocycles. The van der Waals surface area contributed by atoms with Gasteiger partial charge >= 0.3 is 0 Å². The van der Waals surface area contributed by atoms with Gasteiger partial charge in [0, 0.05) is 50.5 Å². The van der Waals surface area contributed by atoms with Gasteiger partial charge in [0.15, 0.2) is 0 Å². The number of amides is 1. The Labute approximate surface area is 155 Å².